The monoisotopic (exact) mass is 560 g/mol. The van der Waals surface area contributed by atoms with Crippen molar-refractivity contribution in [3.8, 4) is 11.1 Å². The van der Waals surface area contributed by atoms with Gasteiger partial charge < -0.3 is 9.84 Å². The minimum Gasteiger partial charge on any atom is -0.388 e. The summed E-state index contributed by atoms with van der Waals surface area (Å²) in [5.74, 6) is -7.37. The Hall–Kier alpha value is -3.10. The molecule has 1 fully saturated rings. The lowest BCUT2D eigenvalue weighted by Gasteiger charge is -2.24. The predicted octanol–water partition coefficient (Wildman–Crippen LogP) is 9.22. The lowest BCUT2D eigenvalue weighted by atomic mass is 9.81. The molecule has 3 atom stereocenters. The molecule has 212 valence electrons. The van der Waals surface area contributed by atoms with Crippen molar-refractivity contribution in [1.29, 1.82) is 0 Å². The van der Waals surface area contributed by atoms with E-state index in [1.807, 2.05) is 6.92 Å². The Morgan fingerprint density at radius 1 is 0.775 bits per heavy atom. The van der Waals surface area contributed by atoms with Gasteiger partial charge in [-0.15, -0.1) is 0 Å². The van der Waals surface area contributed by atoms with Crippen LogP contribution in [0, 0.1) is 34.9 Å². The number of benzene rings is 3. The zero-order chi connectivity index (χ0) is 28.6. The molecule has 8 heteroatoms. The Morgan fingerprint density at radius 2 is 1.38 bits per heavy atom. The fourth-order valence-electron chi connectivity index (χ4n) is 5.51. The highest BCUT2D eigenvalue weighted by Gasteiger charge is 2.31. The standard InChI is InChI=1S/C32H30F6O2/c1-2-3-4-5-25(39)23-14-11-20(28(34)31(23)37)18-8-6-17(7-9-18)19-10-12-21(29(35)27(19)33)22-13-15-24(26-16-40-26)32(38)30(22)36/h8,10-15,17,25-26,39H,2-7,9,16H2,1H3. The highest BCUT2D eigenvalue weighted by molar-refractivity contribution is 5.69. The first kappa shape index (κ1) is 28.4. The van der Waals surface area contributed by atoms with Crippen molar-refractivity contribution < 1.29 is 36.2 Å². The van der Waals surface area contributed by atoms with Crippen LogP contribution in [0.4, 0.5) is 26.3 Å². The average molecular weight is 561 g/mol. The largest absolute Gasteiger partial charge is 0.388 e. The van der Waals surface area contributed by atoms with Gasteiger partial charge in [0.15, 0.2) is 34.9 Å². The number of ether oxygens (including phenoxy) is 1. The smallest absolute Gasteiger partial charge is 0.167 e. The van der Waals surface area contributed by atoms with Crippen LogP contribution in [0.3, 0.4) is 0 Å². The molecule has 2 aliphatic rings. The van der Waals surface area contributed by atoms with Gasteiger partial charge in [0, 0.05) is 27.8 Å². The second-order valence-electron chi connectivity index (χ2n) is 10.5. The van der Waals surface area contributed by atoms with Gasteiger partial charge in [-0.25, -0.2) is 26.3 Å². The number of hydrogen-bond donors (Lipinski definition) is 1. The molecule has 1 aliphatic heterocycles. The van der Waals surface area contributed by atoms with E-state index in [0.717, 1.165) is 12.8 Å². The van der Waals surface area contributed by atoms with Crippen LogP contribution in [0.25, 0.3) is 16.7 Å². The summed E-state index contributed by atoms with van der Waals surface area (Å²) in [4.78, 5) is 0. The molecule has 0 radical (unpaired) electrons. The van der Waals surface area contributed by atoms with Crippen LogP contribution in [0.2, 0.25) is 0 Å². The molecule has 0 spiro atoms. The quantitative estimate of drug-likeness (QED) is 0.161. The van der Waals surface area contributed by atoms with Gasteiger partial charge in [0.1, 0.15) is 6.10 Å². The second-order valence-corrected chi connectivity index (χ2v) is 10.5. The molecule has 0 saturated carbocycles. The predicted molar refractivity (Wildman–Crippen MR) is 140 cm³/mol. The normalized spacial score (nSPS) is 19.4. The van der Waals surface area contributed by atoms with E-state index in [0.29, 0.717) is 31.3 Å². The third kappa shape index (κ3) is 5.44. The molecule has 0 bridgehead atoms. The number of allylic oxidation sites excluding steroid dienone is 2. The van der Waals surface area contributed by atoms with E-state index in [2.05, 4.69) is 0 Å². The SMILES string of the molecule is CCCCCC(O)c1ccc(C2=CCC(c3ccc(-c4ccc(C5CO5)c(F)c4F)c(F)c3F)CC2)c(F)c1F. The summed E-state index contributed by atoms with van der Waals surface area (Å²) < 4.78 is 94.2. The van der Waals surface area contributed by atoms with Crippen molar-refractivity contribution in [2.24, 2.45) is 0 Å². The molecular weight excluding hydrogens is 530 g/mol. The minimum atomic E-state index is -1.28. The molecule has 1 saturated heterocycles. The Labute approximate surface area is 229 Å². The van der Waals surface area contributed by atoms with Crippen LogP contribution in [-0.2, 0) is 4.74 Å². The number of rotatable bonds is 9. The first-order valence-corrected chi connectivity index (χ1v) is 13.7. The van der Waals surface area contributed by atoms with Crippen LogP contribution < -0.4 is 0 Å². The van der Waals surface area contributed by atoms with Crippen molar-refractivity contribution in [2.75, 3.05) is 6.61 Å². The maximum absolute atomic E-state index is 15.2. The lowest BCUT2D eigenvalue weighted by molar-refractivity contribution is 0.158. The van der Waals surface area contributed by atoms with Crippen LogP contribution in [-0.4, -0.2) is 11.7 Å². The molecular formula is C32H30F6O2. The van der Waals surface area contributed by atoms with Crippen LogP contribution in [0.5, 0.6) is 0 Å². The highest BCUT2D eigenvalue weighted by atomic mass is 19.2. The third-order valence-electron chi connectivity index (χ3n) is 7.94. The van der Waals surface area contributed by atoms with E-state index in [1.54, 1.807) is 6.08 Å². The van der Waals surface area contributed by atoms with Crippen molar-refractivity contribution in [2.45, 2.75) is 70.0 Å². The van der Waals surface area contributed by atoms with E-state index in [1.165, 1.54) is 36.4 Å². The van der Waals surface area contributed by atoms with Gasteiger partial charge in [-0.3, -0.25) is 0 Å². The molecule has 5 rings (SSSR count). The molecule has 2 nitrogen and oxygen atoms in total. The first-order chi connectivity index (χ1) is 19.2. The van der Waals surface area contributed by atoms with Crippen molar-refractivity contribution in [1.82, 2.24) is 0 Å². The third-order valence-corrected chi connectivity index (χ3v) is 7.94. The summed E-state index contributed by atoms with van der Waals surface area (Å²) in [6.45, 7) is 2.29. The number of epoxide rings is 1. The molecule has 1 aliphatic carbocycles. The number of hydrogen-bond acceptors (Lipinski definition) is 2. The van der Waals surface area contributed by atoms with Gasteiger partial charge in [0.2, 0.25) is 0 Å². The Bertz CT molecular complexity index is 1450. The number of halogens is 6. The van der Waals surface area contributed by atoms with E-state index in [9.17, 15) is 22.7 Å². The molecule has 0 amide bonds. The first-order valence-electron chi connectivity index (χ1n) is 13.7. The summed E-state index contributed by atoms with van der Waals surface area (Å²) in [6.07, 6.45) is 3.86. The van der Waals surface area contributed by atoms with E-state index >= 15 is 8.78 Å². The summed E-state index contributed by atoms with van der Waals surface area (Å²) in [5.41, 5.74) is -0.0876. The van der Waals surface area contributed by atoms with Gasteiger partial charge in [0.05, 0.1) is 12.7 Å². The van der Waals surface area contributed by atoms with E-state index in [-0.39, 0.29) is 46.4 Å². The van der Waals surface area contributed by atoms with Crippen molar-refractivity contribution in [3.63, 3.8) is 0 Å². The van der Waals surface area contributed by atoms with Crippen molar-refractivity contribution >= 4 is 5.57 Å². The average Bonchev–Trinajstić information content (AvgIpc) is 3.79. The molecule has 0 aromatic heterocycles. The summed E-state index contributed by atoms with van der Waals surface area (Å²) in [6, 6.07) is 7.97. The van der Waals surface area contributed by atoms with Crippen LogP contribution in [0.15, 0.2) is 42.5 Å². The molecule has 1 N–H and O–H groups in total. The maximum Gasteiger partial charge on any atom is 0.167 e. The maximum atomic E-state index is 15.2. The van der Waals surface area contributed by atoms with Crippen LogP contribution >= 0.6 is 0 Å². The Kier molecular flexibility index (Phi) is 8.38. The highest BCUT2D eigenvalue weighted by Crippen LogP contribution is 2.41. The number of aliphatic hydroxyl groups excluding tert-OH is 1. The molecule has 3 aromatic carbocycles. The summed E-state index contributed by atoms with van der Waals surface area (Å²) >= 11 is 0. The van der Waals surface area contributed by atoms with Gasteiger partial charge in [-0.05, 0) is 42.7 Å². The number of unbranched alkanes of at least 4 members (excludes halogenated alkanes) is 2. The van der Waals surface area contributed by atoms with Crippen LogP contribution in [0.1, 0.15) is 92.2 Å². The summed E-state index contributed by atoms with van der Waals surface area (Å²) in [5, 5.41) is 10.3. The van der Waals surface area contributed by atoms with E-state index in [4.69, 9.17) is 4.74 Å². The Morgan fingerprint density at radius 3 is 1.98 bits per heavy atom. The van der Waals surface area contributed by atoms with Gasteiger partial charge >= 0.3 is 0 Å². The second kappa shape index (κ2) is 11.8. The molecule has 40 heavy (non-hydrogen) atoms. The Balaban J connectivity index is 1.34. The van der Waals surface area contributed by atoms with Gasteiger partial charge in [-0.1, -0.05) is 68.7 Å². The fourth-order valence-corrected chi connectivity index (χ4v) is 5.51. The zero-order valence-electron chi connectivity index (χ0n) is 22.1. The molecule has 3 aromatic rings. The van der Waals surface area contributed by atoms with E-state index < -0.39 is 53.0 Å². The van der Waals surface area contributed by atoms with Gasteiger partial charge in [-0.2, -0.15) is 0 Å². The van der Waals surface area contributed by atoms with Gasteiger partial charge in [0.25, 0.3) is 0 Å². The zero-order valence-corrected chi connectivity index (χ0v) is 22.1. The fraction of sp³-hybridized carbons (Fsp3) is 0.375. The lowest BCUT2D eigenvalue weighted by Crippen LogP contribution is -2.10. The van der Waals surface area contributed by atoms with Crippen molar-refractivity contribution in [3.05, 3.63) is 99.6 Å². The molecule has 3 unspecified atom stereocenters. The molecule has 1 heterocycles. The number of aliphatic hydroxyl groups is 1. The minimum absolute atomic E-state index is 0.0395. The topological polar surface area (TPSA) is 32.8 Å². The summed E-state index contributed by atoms with van der Waals surface area (Å²) in [7, 11) is 0.